The van der Waals surface area contributed by atoms with E-state index in [-0.39, 0.29) is 11.1 Å². The van der Waals surface area contributed by atoms with E-state index < -0.39 is 5.97 Å². The number of anilines is 1. The average molecular weight is 394 g/mol. The first-order valence-electron chi connectivity index (χ1n) is 9.30. The van der Waals surface area contributed by atoms with Crippen LogP contribution in [0.15, 0.2) is 58.4 Å². The van der Waals surface area contributed by atoms with Crippen molar-refractivity contribution in [1.82, 2.24) is 9.55 Å². The summed E-state index contributed by atoms with van der Waals surface area (Å²) in [4.78, 5) is 28.3. The van der Waals surface area contributed by atoms with Crippen molar-refractivity contribution >= 4 is 29.0 Å². The molecule has 0 aliphatic carbocycles. The number of aromatic nitrogens is 2. The normalized spacial score (nSPS) is 11.2. The van der Waals surface area contributed by atoms with E-state index in [4.69, 9.17) is 9.84 Å². The monoisotopic (exact) mass is 394 g/mol. The first kappa shape index (κ1) is 20.2. The summed E-state index contributed by atoms with van der Waals surface area (Å²) in [6.07, 6.45) is 2.21. The van der Waals surface area contributed by atoms with Gasteiger partial charge in [-0.25, -0.2) is 15.2 Å². The molecule has 0 amide bonds. The number of nitrogens with zero attached hydrogens (tertiary/aromatic N) is 3. The van der Waals surface area contributed by atoms with Crippen molar-refractivity contribution in [2.24, 2.45) is 5.10 Å². The standard InChI is InChI=1S/C21H22N4O4/c1-2-29-13-5-12-25-19(26)17-6-3-4-7-18(17)23-21(25)24-22-14-15-8-10-16(11-9-15)20(27)28/h3-4,6-11,14H,2,5,12-13H2,1H3,(H,23,24)(H,27,28)/b22-14-. The van der Waals surface area contributed by atoms with Crippen molar-refractivity contribution in [2.75, 3.05) is 18.6 Å². The van der Waals surface area contributed by atoms with Crippen molar-refractivity contribution in [1.29, 1.82) is 0 Å². The summed E-state index contributed by atoms with van der Waals surface area (Å²) in [5.74, 6) is -0.647. The third kappa shape index (κ3) is 5.05. The highest BCUT2D eigenvalue weighted by atomic mass is 16.5. The van der Waals surface area contributed by atoms with E-state index in [2.05, 4.69) is 15.5 Å². The van der Waals surface area contributed by atoms with Gasteiger partial charge in [-0.3, -0.25) is 9.36 Å². The Morgan fingerprint density at radius 1 is 1.24 bits per heavy atom. The zero-order valence-electron chi connectivity index (χ0n) is 16.0. The van der Waals surface area contributed by atoms with Crippen LogP contribution in [0.4, 0.5) is 5.95 Å². The van der Waals surface area contributed by atoms with E-state index in [9.17, 15) is 9.59 Å². The molecule has 0 spiro atoms. The Morgan fingerprint density at radius 2 is 2.00 bits per heavy atom. The number of ether oxygens (including phenoxy) is 1. The smallest absolute Gasteiger partial charge is 0.335 e. The molecule has 0 atom stereocenters. The Balaban J connectivity index is 1.84. The Labute approximate surface area is 167 Å². The number of carbonyl (C=O) groups is 1. The first-order valence-corrected chi connectivity index (χ1v) is 9.30. The number of benzene rings is 2. The fourth-order valence-corrected chi connectivity index (χ4v) is 2.81. The third-order valence-corrected chi connectivity index (χ3v) is 4.27. The van der Waals surface area contributed by atoms with Crippen molar-refractivity contribution < 1.29 is 14.6 Å². The molecule has 150 valence electrons. The number of hydrogen-bond donors (Lipinski definition) is 2. The van der Waals surface area contributed by atoms with Gasteiger partial charge in [0.05, 0.1) is 22.7 Å². The molecule has 3 rings (SSSR count). The topological polar surface area (TPSA) is 106 Å². The first-order chi connectivity index (χ1) is 14.1. The molecule has 0 aliphatic rings. The number of rotatable bonds is 9. The van der Waals surface area contributed by atoms with Crippen LogP contribution in [-0.2, 0) is 11.3 Å². The van der Waals surface area contributed by atoms with Gasteiger partial charge < -0.3 is 9.84 Å². The number of aromatic carboxylic acids is 1. The highest BCUT2D eigenvalue weighted by Crippen LogP contribution is 2.12. The second-order valence-corrected chi connectivity index (χ2v) is 6.26. The fourth-order valence-electron chi connectivity index (χ4n) is 2.81. The molecular formula is C21H22N4O4. The number of carboxylic acids is 1. The van der Waals surface area contributed by atoms with Gasteiger partial charge >= 0.3 is 5.97 Å². The molecule has 0 radical (unpaired) electrons. The number of hydrazone groups is 1. The zero-order valence-corrected chi connectivity index (χ0v) is 16.0. The minimum Gasteiger partial charge on any atom is -0.478 e. The Bertz CT molecular complexity index is 1070. The minimum absolute atomic E-state index is 0.143. The molecule has 2 N–H and O–H groups in total. The highest BCUT2D eigenvalue weighted by Gasteiger charge is 2.10. The van der Waals surface area contributed by atoms with E-state index in [1.54, 1.807) is 28.8 Å². The summed E-state index contributed by atoms with van der Waals surface area (Å²) in [7, 11) is 0. The summed E-state index contributed by atoms with van der Waals surface area (Å²) < 4.78 is 6.91. The predicted octanol–water partition coefficient (Wildman–Crippen LogP) is 2.97. The van der Waals surface area contributed by atoms with Crippen LogP contribution in [0.2, 0.25) is 0 Å². The second-order valence-electron chi connectivity index (χ2n) is 6.26. The molecule has 29 heavy (non-hydrogen) atoms. The Kier molecular flexibility index (Phi) is 6.70. The van der Waals surface area contributed by atoms with Gasteiger partial charge in [0.15, 0.2) is 0 Å². The third-order valence-electron chi connectivity index (χ3n) is 4.27. The van der Waals surface area contributed by atoms with E-state index in [1.807, 2.05) is 19.1 Å². The number of para-hydroxylation sites is 1. The van der Waals surface area contributed by atoms with Gasteiger partial charge in [0.2, 0.25) is 5.95 Å². The van der Waals surface area contributed by atoms with Crippen LogP contribution in [0.25, 0.3) is 10.9 Å². The van der Waals surface area contributed by atoms with Crippen LogP contribution in [0.5, 0.6) is 0 Å². The molecule has 3 aromatic rings. The van der Waals surface area contributed by atoms with Crippen molar-refractivity contribution in [2.45, 2.75) is 19.9 Å². The van der Waals surface area contributed by atoms with Crippen LogP contribution in [-0.4, -0.2) is 40.1 Å². The van der Waals surface area contributed by atoms with Gasteiger partial charge in [-0.05, 0) is 43.2 Å². The zero-order chi connectivity index (χ0) is 20.6. The molecule has 0 fully saturated rings. The summed E-state index contributed by atoms with van der Waals surface area (Å²) in [5, 5.41) is 13.7. The van der Waals surface area contributed by atoms with E-state index in [0.29, 0.717) is 48.6 Å². The maximum Gasteiger partial charge on any atom is 0.335 e. The molecule has 8 nitrogen and oxygen atoms in total. The van der Waals surface area contributed by atoms with E-state index in [1.165, 1.54) is 18.3 Å². The maximum atomic E-state index is 12.9. The molecule has 0 bridgehead atoms. The molecule has 0 unspecified atom stereocenters. The van der Waals surface area contributed by atoms with Crippen molar-refractivity contribution in [3.63, 3.8) is 0 Å². The van der Waals surface area contributed by atoms with Gasteiger partial charge in [0.25, 0.3) is 5.56 Å². The van der Waals surface area contributed by atoms with Gasteiger partial charge in [-0.1, -0.05) is 24.3 Å². The molecular weight excluding hydrogens is 372 g/mol. The summed E-state index contributed by atoms with van der Waals surface area (Å²) in [5.41, 5.74) is 4.20. The van der Waals surface area contributed by atoms with Gasteiger partial charge in [-0.15, -0.1) is 0 Å². The molecule has 0 aliphatic heterocycles. The van der Waals surface area contributed by atoms with Crippen LogP contribution in [0, 0.1) is 0 Å². The number of fused-ring (bicyclic) bond motifs is 1. The lowest BCUT2D eigenvalue weighted by atomic mass is 10.1. The number of carboxylic acid groups (broad SMARTS) is 1. The molecule has 1 heterocycles. The lowest BCUT2D eigenvalue weighted by Crippen LogP contribution is -2.25. The largest absolute Gasteiger partial charge is 0.478 e. The van der Waals surface area contributed by atoms with Crippen LogP contribution < -0.4 is 11.0 Å². The average Bonchev–Trinajstić information content (AvgIpc) is 2.73. The molecule has 2 aromatic carbocycles. The maximum absolute atomic E-state index is 12.9. The minimum atomic E-state index is -0.983. The number of hydrogen-bond acceptors (Lipinski definition) is 6. The summed E-state index contributed by atoms with van der Waals surface area (Å²) in [6, 6.07) is 13.5. The lowest BCUT2D eigenvalue weighted by Gasteiger charge is -2.12. The van der Waals surface area contributed by atoms with Gasteiger partial charge in [-0.2, -0.15) is 5.10 Å². The predicted molar refractivity (Wildman–Crippen MR) is 112 cm³/mol. The Morgan fingerprint density at radius 3 is 2.72 bits per heavy atom. The lowest BCUT2D eigenvalue weighted by molar-refractivity contribution is 0.0697. The van der Waals surface area contributed by atoms with E-state index in [0.717, 1.165) is 0 Å². The second kappa shape index (κ2) is 9.61. The van der Waals surface area contributed by atoms with Crippen molar-refractivity contribution in [3.05, 3.63) is 70.0 Å². The SMILES string of the molecule is CCOCCCn1c(N/N=C\c2ccc(C(=O)O)cc2)nc2ccccc2c1=O. The fraction of sp³-hybridized carbons (Fsp3) is 0.238. The summed E-state index contributed by atoms with van der Waals surface area (Å²) >= 11 is 0. The van der Waals surface area contributed by atoms with Crippen LogP contribution >= 0.6 is 0 Å². The quantitative estimate of drug-likeness (QED) is 0.328. The van der Waals surface area contributed by atoms with Gasteiger partial charge in [0.1, 0.15) is 0 Å². The Hall–Kier alpha value is -3.52. The van der Waals surface area contributed by atoms with E-state index >= 15 is 0 Å². The van der Waals surface area contributed by atoms with Crippen LogP contribution in [0.3, 0.4) is 0 Å². The number of nitrogens with one attached hydrogen (secondary N) is 1. The van der Waals surface area contributed by atoms with Crippen LogP contribution in [0.1, 0.15) is 29.3 Å². The summed E-state index contributed by atoms with van der Waals surface area (Å²) in [6.45, 7) is 3.55. The van der Waals surface area contributed by atoms with Crippen molar-refractivity contribution in [3.8, 4) is 0 Å². The molecule has 1 aromatic heterocycles. The van der Waals surface area contributed by atoms with Gasteiger partial charge in [0, 0.05) is 19.8 Å². The highest BCUT2D eigenvalue weighted by molar-refractivity contribution is 5.89. The molecule has 0 saturated heterocycles. The molecule has 8 heteroatoms. The molecule has 0 saturated carbocycles.